The van der Waals surface area contributed by atoms with Crippen LogP contribution in [0, 0.1) is 11.7 Å². The molecule has 1 aliphatic rings. The van der Waals surface area contributed by atoms with Gasteiger partial charge in [-0.05, 0) is 54.9 Å². The Kier molecular flexibility index (Phi) is 10.3. The summed E-state index contributed by atoms with van der Waals surface area (Å²) in [4.78, 5) is 25.9. The normalized spacial score (nSPS) is 17.1. The fourth-order valence-electron chi connectivity index (χ4n) is 5.10. The minimum Gasteiger partial charge on any atom is -0.450 e. The van der Waals surface area contributed by atoms with E-state index in [1.807, 2.05) is 31.2 Å². The van der Waals surface area contributed by atoms with Crippen LogP contribution in [-0.2, 0) is 16.8 Å². The Labute approximate surface area is 218 Å². The quantitative estimate of drug-likeness (QED) is 0.360. The SMILES string of the molecule is CCc1cccc(-c2c(F)cccc2C(O)(CCCOC(=O)NC)C2CCCN(C(=O)NCCN)C2)c1. The van der Waals surface area contributed by atoms with Gasteiger partial charge in [0.15, 0.2) is 0 Å². The monoisotopic (exact) mass is 514 g/mol. The molecule has 1 heterocycles. The fraction of sp³-hybridized carbons (Fsp3) is 0.500. The van der Waals surface area contributed by atoms with Gasteiger partial charge in [-0.1, -0.05) is 43.3 Å². The first-order valence-electron chi connectivity index (χ1n) is 13.0. The van der Waals surface area contributed by atoms with Gasteiger partial charge in [0.25, 0.3) is 0 Å². The van der Waals surface area contributed by atoms with Crippen molar-refractivity contribution in [3.8, 4) is 11.1 Å². The number of carbonyl (C=O) groups is 2. The molecule has 0 aliphatic carbocycles. The van der Waals surface area contributed by atoms with Crippen molar-refractivity contribution in [2.75, 3.05) is 39.8 Å². The summed E-state index contributed by atoms with van der Waals surface area (Å²) in [6.45, 7) is 3.72. The second kappa shape index (κ2) is 13.4. The summed E-state index contributed by atoms with van der Waals surface area (Å²) in [6, 6.07) is 12.2. The first-order chi connectivity index (χ1) is 17.8. The lowest BCUT2D eigenvalue weighted by molar-refractivity contribution is -0.0574. The molecule has 2 unspecified atom stereocenters. The second-order valence-corrected chi connectivity index (χ2v) is 9.44. The van der Waals surface area contributed by atoms with Crippen LogP contribution in [0.25, 0.3) is 11.1 Å². The Morgan fingerprint density at radius 3 is 2.78 bits per heavy atom. The summed E-state index contributed by atoms with van der Waals surface area (Å²) in [7, 11) is 1.48. The highest BCUT2D eigenvalue weighted by Gasteiger charge is 2.43. The van der Waals surface area contributed by atoms with Crippen LogP contribution in [0.15, 0.2) is 42.5 Å². The third-order valence-electron chi connectivity index (χ3n) is 7.05. The summed E-state index contributed by atoms with van der Waals surface area (Å²) in [5.74, 6) is -0.765. The van der Waals surface area contributed by atoms with Gasteiger partial charge in [-0.2, -0.15) is 0 Å². The van der Waals surface area contributed by atoms with E-state index in [0.717, 1.165) is 12.0 Å². The van der Waals surface area contributed by atoms with Crippen molar-refractivity contribution in [1.29, 1.82) is 0 Å². The average molecular weight is 515 g/mol. The molecule has 8 nitrogen and oxygen atoms in total. The summed E-state index contributed by atoms with van der Waals surface area (Å²) >= 11 is 0. The maximum absolute atomic E-state index is 15.5. The van der Waals surface area contributed by atoms with E-state index in [9.17, 15) is 14.7 Å². The standard InChI is InChI=1S/C28H39FN4O4/c1-3-20-8-4-9-21(18-20)25-23(11-5-12-24(25)29)28(36,13-7-17-37-27(35)31-2)22-10-6-16-33(19-22)26(34)32-15-14-30/h4-5,8-9,11-12,18,22,36H,3,6-7,10,13-17,19,30H2,1-2H3,(H,31,35)(H,32,34). The minimum atomic E-state index is -1.46. The molecule has 3 amide bonds. The van der Waals surface area contributed by atoms with Gasteiger partial charge in [-0.3, -0.25) is 0 Å². The zero-order valence-electron chi connectivity index (χ0n) is 21.8. The minimum absolute atomic E-state index is 0.103. The predicted octanol–water partition coefficient (Wildman–Crippen LogP) is 3.76. The summed E-state index contributed by atoms with van der Waals surface area (Å²) < 4.78 is 20.6. The van der Waals surface area contributed by atoms with Crippen LogP contribution in [-0.4, -0.2) is 62.0 Å². The number of aryl methyl sites for hydroxylation is 1. The van der Waals surface area contributed by atoms with Crippen LogP contribution in [0.4, 0.5) is 14.0 Å². The lowest BCUT2D eigenvalue weighted by Crippen LogP contribution is -2.51. The largest absolute Gasteiger partial charge is 0.450 e. The number of aliphatic hydroxyl groups is 1. The second-order valence-electron chi connectivity index (χ2n) is 9.44. The van der Waals surface area contributed by atoms with E-state index < -0.39 is 17.5 Å². The molecule has 2 aromatic carbocycles. The van der Waals surface area contributed by atoms with E-state index in [0.29, 0.717) is 62.1 Å². The average Bonchev–Trinajstić information content (AvgIpc) is 2.93. The van der Waals surface area contributed by atoms with Crippen LogP contribution in [0.5, 0.6) is 0 Å². The number of halogens is 1. The van der Waals surface area contributed by atoms with E-state index in [2.05, 4.69) is 10.6 Å². The number of nitrogens with one attached hydrogen (secondary N) is 2. The highest BCUT2D eigenvalue weighted by atomic mass is 19.1. The van der Waals surface area contributed by atoms with Gasteiger partial charge >= 0.3 is 12.1 Å². The maximum atomic E-state index is 15.5. The molecule has 202 valence electrons. The van der Waals surface area contributed by atoms with Crippen LogP contribution >= 0.6 is 0 Å². The number of piperidine rings is 1. The van der Waals surface area contributed by atoms with E-state index in [-0.39, 0.29) is 25.0 Å². The molecule has 5 N–H and O–H groups in total. The van der Waals surface area contributed by atoms with Gasteiger partial charge in [-0.15, -0.1) is 0 Å². The molecule has 1 aliphatic heterocycles. The summed E-state index contributed by atoms with van der Waals surface area (Å²) in [5.41, 5.74) is 6.68. The van der Waals surface area contributed by atoms with E-state index in [1.54, 1.807) is 17.0 Å². The van der Waals surface area contributed by atoms with Crippen molar-refractivity contribution in [3.63, 3.8) is 0 Å². The number of benzene rings is 2. The summed E-state index contributed by atoms with van der Waals surface area (Å²) in [6.07, 6.45) is 2.22. The van der Waals surface area contributed by atoms with Crippen molar-refractivity contribution in [3.05, 3.63) is 59.4 Å². The Bertz CT molecular complexity index is 1070. The molecule has 37 heavy (non-hydrogen) atoms. The number of urea groups is 1. The van der Waals surface area contributed by atoms with Gasteiger partial charge in [0.2, 0.25) is 0 Å². The maximum Gasteiger partial charge on any atom is 0.406 e. The van der Waals surface area contributed by atoms with Crippen molar-refractivity contribution >= 4 is 12.1 Å². The zero-order valence-corrected chi connectivity index (χ0v) is 21.8. The molecule has 1 saturated heterocycles. The van der Waals surface area contributed by atoms with Crippen LogP contribution in [0.1, 0.15) is 43.7 Å². The summed E-state index contributed by atoms with van der Waals surface area (Å²) in [5, 5.41) is 17.6. The molecule has 0 spiro atoms. The molecule has 0 aromatic heterocycles. The van der Waals surface area contributed by atoms with E-state index in [4.69, 9.17) is 10.5 Å². The lowest BCUT2D eigenvalue weighted by Gasteiger charge is -2.43. The van der Waals surface area contributed by atoms with Crippen LogP contribution in [0.3, 0.4) is 0 Å². The molecule has 0 bridgehead atoms. The van der Waals surface area contributed by atoms with Crippen LogP contribution in [0.2, 0.25) is 0 Å². The highest BCUT2D eigenvalue weighted by Crippen LogP contribution is 2.44. The number of hydrogen-bond donors (Lipinski definition) is 4. The number of nitrogens with zero attached hydrogens (tertiary/aromatic N) is 1. The van der Waals surface area contributed by atoms with Gasteiger partial charge in [0, 0.05) is 44.7 Å². The number of amides is 3. The smallest absolute Gasteiger partial charge is 0.406 e. The van der Waals surface area contributed by atoms with Gasteiger partial charge in [-0.25, -0.2) is 14.0 Å². The van der Waals surface area contributed by atoms with Crippen molar-refractivity contribution in [2.45, 2.75) is 44.6 Å². The van der Waals surface area contributed by atoms with Crippen molar-refractivity contribution in [1.82, 2.24) is 15.5 Å². The Hall–Kier alpha value is -3.17. The third kappa shape index (κ3) is 6.99. The number of alkyl carbamates (subject to hydrolysis) is 1. The molecule has 2 atom stereocenters. The van der Waals surface area contributed by atoms with Gasteiger partial charge < -0.3 is 31.1 Å². The van der Waals surface area contributed by atoms with Crippen LogP contribution < -0.4 is 16.4 Å². The van der Waals surface area contributed by atoms with E-state index in [1.165, 1.54) is 13.1 Å². The number of nitrogens with two attached hydrogens (primary N) is 1. The zero-order chi connectivity index (χ0) is 26.8. The molecule has 2 aromatic rings. The number of hydrogen-bond acceptors (Lipinski definition) is 5. The number of likely N-dealkylation sites (tertiary alicyclic amines) is 1. The number of carbonyl (C=O) groups excluding carboxylic acids is 2. The molecular formula is C28H39FN4O4. The predicted molar refractivity (Wildman–Crippen MR) is 142 cm³/mol. The lowest BCUT2D eigenvalue weighted by atomic mass is 9.72. The Morgan fingerprint density at radius 2 is 2.05 bits per heavy atom. The van der Waals surface area contributed by atoms with Crippen molar-refractivity contribution in [2.24, 2.45) is 11.7 Å². The Balaban J connectivity index is 2.01. The first-order valence-corrected chi connectivity index (χ1v) is 13.0. The van der Waals surface area contributed by atoms with E-state index >= 15 is 4.39 Å². The Morgan fingerprint density at radius 1 is 1.27 bits per heavy atom. The third-order valence-corrected chi connectivity index (χ3v) is 7.05. The topological polar surface area (TPSA) is 117 Å². The molecule has 1 fully saturated rings. The molecular weight excluding hydrogens is 475 g/mol. The molecule has 0 radical (unpaired) electrons. The highest BCUT2D eigenvalue weighted by molar-refractivity contribution is 5.74. The van der Waals surface area contributed by atoms with Gasteiger partial charge in [0.05, 0.1) is 12.2 Å². The number of rotatable bonds is 10. The van der Waals surface area contributed by atoms with Gasteiger partial charge in [0.1, 0.15) is 5.82 Å². The molecule has 0 saturated carbocycles. The molecule has 3 rings (SSSR count). The fourth-order valence-corrected chi connectivity index (χ4v) is 5.10. The molecule has 9 heteroatoms. The first kappa shape index (κ1) is 28.4. The number of ether oxygens (including phenoxy) is 1. The van der Waals surface area contributed by atoms with Crippen molar-refractivity contribution < 1.29 is 23.8 Å².